The van der Waals surface area contributed by atoms with Crippen LogP contribution in [0.2, 0.25) is 0 Å². The van der Waals surface area contributed by atoms with Gasteiger partial charge in [0.15, 0.2) is 0 Å². The highest BCUT2D eigenvalue weighted by Gasteiger charge is 1.96. The second kappa shape index (κ2) is 4.90. The number of benzene rings is 2. The molecule has 3 heteroatoms. The molecule has 92 valence electrons. The molecule has 3 aromatic rings. The lowest BCUT2D eigenvalue weighted by Gasteiger charge is -1.98. The molecule has 0 aliphatic carbocycles. The molecule has 1 aromatic heterocycles. The summed E-state index contributed by atoms with van der Waals surface area (Å²) < 4.78 is 0. The Morgan fingerprint density at radius 1 is 0.842 bits per heavy atom. The number of nitrogens with zero attached hydrogens (tertiary/aromatic N) is 2. The van der Waals surface area contributed by atoms with Gasteiger partial charge < -0.3 is 5.11 Å². The maximum absolute atomic E-state index is 9.21. The summed E-state index contributed by atoms with van der Waals surface area (Å²) in [5.74, 6) is 0.266. The molecule has 0 aliphatic heterocycles. The number of rotatable bonds is 2. The fraction of sp³-hybridized carbons (Fsp3) is 0. The highest BCUT2D eigenvalue weighted by atomic mass is 16.3. The van der Waals surface area contributed by atoms with Crippen LogP contribution in [0.25, 0.3) is 23.2 Å². The Balaban J connectivity index is 1.90. The van der Waals surface area contributed by atoms with Gasteiger partial charge in [0.1, 0.15) is 5.75 Å². The Bertz CT molecular complexity index is 733. The van der Waals surface area contributed by atoms with E-state index in [1.807, 2.05) is 48.6 Å². The molecule has 0 unspecified atom stereocenters. The van der Waals surface area contributed by atoms with Gasteiger partial charge in [-0.25, -0.2) is 4.98 Å². The van der Waals surface area contributed by atoms with Crippen molar-refractivity contribution in [1.29, 1.82) is 0 Å². The second-order valence-corrected chi connectivity index (χ2v) is 4.21. The number of hydrogen-bond donors (Lipinski definition) is 1. The summed E-state index contributed by atoms with van der Waals surface area (Å²) >= 11 is 0. The van der Waals surface area contributed by atoms with E-state index in [1.165, 1.54) is 0 Å². The zero-order chi connectivity index (χ0) is 13.1. The van der Waals surface area contributed by atoms with Crippen LogP contribution in [0.15, 0.2) is 54.7 Å². The summed E-state index contributed by atoms with van der Waals surface area (Å²) in [6.45, 7) is 0. The van der Waals surface area contributed by atoms with Crippen molar-refractivity contribution in [3.63, 3.8) is 0 Å². The highest BCUT2D eigenvalue weighted by Crippen LogP contribution is 2.13. The standard InChI is InChI=1S/C16H12N2O/c19-14-9-6-12(7-10-14)5-8-13-11-17-15-3-1-2-4-16(15)18-13/h1-11,19H. The maximum Gasteiger partial charge on any atom is 0.115 e. The molecule has 1 heterocycles. The van der Waals surface area contributed by atoms with Gasteiger partial charge in [0.25, 0.3) is 0 Å². The summed E-state index contributed by atoms with van der Waals surface area (Å²) in [5, 5.41) is 9.21. The SMILES string of the molecule is Oc1ccc(C=Cc2cnc3ccccc3n2)cc1. The second-order valence-electron chi connectivity index (χ2n) is 4.21. The summed E-state index contributed by atoms with van der Waals surface area (Å²) in [4.78, 5) is 8.86. The first-order valence-electron chi connectivity index (χ1n) is 6.00. The quantitative estimate of drug-likeness (QED) is 0.755. The van der Waals surface area contributed by atoms with Crippen LogP contribution in [-0.4, -0.2) is 15.1 Å². The van der Waals surface area contributed by atoms with Gasteiger partial charge >= 0.3 is 0 Å². The van der Waals surface area contributed by atoms with Gasteiger partial charge in [-0.2, -0.15) is 0 Å². The van der Waals surface area contributed by atoms with Crippen LogP contribution >= 0.6 is 0 Å². The van der Waals surface area contributed by atoms with Crippen LogP contribution in [0.5, 0.6) is 5.75 Å². The molecule has 1 N–H and O–H groups in total. The fourth-order valence-corrected chi connectivity index (χ4v) is 1.82. The van der Waals surface area contributed by atoms with Gasteiger partial charge in [0.2, 0.25) is 0 Å². The largest absolute Gasteiger partial charge is 0.508 e. The average Bonchev–Trinajstić information content (AvgIpc) is 2.46. The van der Waals surface area contributed by atoms with Gasteiger partial charge in [-0.3, -0.25) is 4.98 Å². The summed E-state index contributed by atoms with van der Waals surface area (Å²) in [6.07, 6.45) is 5.60. The van der Waals surface area contributed by atoms with Crippen molar-refractivity contribution >= 4 is 23.2 Å². The molecular weight excluding hydrogens is 236 g/mol. The lowest BCUT2D eigenvalue weighted by atomic mass is 10.2. The minimum atomic E-state index is 0.266. The van der Waals surface area contributed by atoms with Crippen LogP contribution < -0.4 is 0 Å². The maximum atomic E-state index is 9.21. The minimum absolute atomic E-state index is 0.266. The lowest BCUT2D eigenvalue weighted by molar-refractivity contribution is 0.475. The first-order chi connectivity index (χ1) is 9.31. The lowest BCUT2D eigenvalue weighted by Crippen LogP contribution is -1.86. The molecule has 0 radical (unpaired) electrons. The molecule has 0 atom stereocenters. The molecule has 0 fully saturated rings. The monoisotopic (exact) mass is 248 g/mol. The molecule has 0 amide bonds. The van der Waals surface area contributed by atoms with E-state index in [-0.39, 0.29) is 5.75 Å². The van der Waals surface area contributed by atoms with Crippen LogP contribution in [0.1, 0.15) is 11.3 Å². The first kappa shape index (κ1) is 11.4. The normalized spacial score (nSPS) is 11.2. The van der Waals surface area contributed by atoms with Gasteiger partial charge in [0.05, 0.1) is 22.9 Å². The topological polar surface area (TPSA) is 46.0 Å². The number of para-hydroxylation sites is 2. The number of aromatic hydroxyl groups is 1. The third-order valence-corrected chi connectivity index (χ3v) is 2.81. The van der Waals surface area contributed by atoms with E-state index in [4.69, 9.17) is 0 Å². The van der Waals surface area contributed by atoms with E-state index >= 15 is 0 Å². The number of phenolic OH excluding ortho intramolecular Hbond substituents is 1. The third-order valence-electron chi connectivity index (χ3n) is 2.81. The zero-order valence-electron chi connectivity index (χ0n) is 10.2. The molecule has 0 spiro atoms. The molecule has 3 rings (SSSR count). The van der Waals surface area contributed by atoms with Crippen LogP contribution in [0, 0.1) is 0 Å². The van der Waals surface area contributed by atoms with Crippen LogP contribution in [0.3, 0.4) is 0 Å². The Morgan fingerprint density at radius 3 is 2.37 bits per heavy atom. The van der Waals surface area contributed by atoms with Gasteiger partial charge in [0, 0.05) is 0 Å². The van der Waals surface area contributed by atoms with Crippen molar-refractivity contribution in [3.8, 4) is 5.75 Å². The van der Waals surface area contributed by atoms with Crippen molar-refractivity contribution < 1.29 is 5.11 Å². The Kier molecular flexibility index (Phi) is 2.94. The van der Waals surface area contributed by atoms with Gasteiger partial charge in [-0.1, -0.05) is 30.3 Å². The van der Waals surface area contributed by atoms with Gasteiger partial charge in [-0.05, 0) is 35.9 Å². The summed E-state index contributed by atoms with van der Waals surface area (Å²) in [7, 11) is 0. The predicted octanol–water partition coefficient (Wildman–Crippen LogP) is 3.51. The molecule has 19 heavy (non-hydrogen) atoms. The highest BCUT2D eigenvalue weighted by molar-refractivity contribution is 5.76. The third kappa shape index (κ3) is 2.60. The van der Waals surface area contributed by atoms with Crippen molar-refractivity contribution in [2.45, 2.75) is 0 Å². The van der Waals surface area contributed by atoms with Crippen molar-refractivity contribution in [2.24, 2.45) is 0 Å². The van der Waals surface area contributed by atoms with E-state index < -0.39 is 0 Å². The predicted molar refractivity (Wildman–Crippen MR) is 76.6 cm³/mol. The smallest absolute Gasteiger partial charge is 0.115 e. The Hall–Kier alpha value is -2.68. The molecule has 2 aromatic carbocycles. The Morgan fingerprint density at radius 2 is 1.58 bits per heavy atom. The fourth-order valence-electron chi connectivity index (χ4n) is 1.82. The average molecular weight is 248 g/mol. The van der Waals surface area contributed by atoms with Crippen molar-refractivity contribution in [2.75, 3.05) is 0 Å². The van der Waals surface area contributed by atoms with Crippen LogP contribution in [0.4, 0.5) is 0 Å². The number of fused-ring (bicyclic) bond motifs is 1. The van der Waals surface area contributed by atoms with E-state index in [2.05, 4.69) is 9.97 Å². The van der Waals surface area contributed by atoms with E-state index in [0.717, 1.165) is 22.3 Å². The molecule has 0 saturated carbocycles. The molecule has 0 bridgehead atoms. The first-order valence-corrected chi connectivity index (χ1v) is 6.00. The summed E-state index contributed by atoms with van der Waals surface area (Å²) in [6, 6.07) is 14.8. The number of hydrogen-bond acceptors (Lipinski definition) is 3. The number of phenols is 1. The van der Waals surface area contributed by atoms with E-state index in [1.54, 1.807) is 18.3 Å². The van der Waals surface area contributed by atoms with E-state index in [0.29, 0.717) is 0 Å². The zero-order valence-corrected chi connectivity index (χ0v) is 10.2. The Labute approximate surface area is 110 Å². The summed E-state index contributed by atoms with van der Waals surface area (Å²) in [5.41, 5.74) is 3.60. The van der Waals surface area contributed by atoms with Gasteiger partial charge in [-0.15, -0.1) is 0 Å². The molecule has 0 aliphatic rings. The van der Waals surface area contributed by atoms with Crippen LogP contribution in [-0.2, 0) is 0 Å². The molecule has 0 saturated heterocycles. The van der Waals surface area contributed by atoms with Crippen molar-refractivity contribution in [1.82, 2.24) is 9.97 Å². The number of aromatic nitrogens is 2. The minimum Gasteiger partial charge on any atom is -0.508 e. The molecular formula is C16H12N2O. The molecule has 3 nitrogen and oxygen atoms in total. The van der Waals surface area contributed by atoms with Crippen molar-refractivity contribution in [3.05, 3.63) is 66.0 Å². The van der Waals surface area contributed by atoms with E-state index in [9.17, 15) is 5.11 Å².